The molecule has 9 heteroatoms. The van der Waals surface area contributed by atoms with Crippen molar-refractivity contribution in [1.29, 1.82) is 0 Å². The third kappa shape index (κ3) is 5.46. The van der Waals surface area contributed by atoms with Gasteiger partial charge in [-0.3, -0.25) is 0 Å². The van der Waals surface area contributed by atoms with Crippen molar-refractivity contribution in [1.82, 2.24) is 14.8 Å². The molecular formula is C20H21BrFN3O2S2. The fourth-order valence-electron chi connectivity index (χ4n) is 2.77. The Balaban J connectivity index is 1.79. The molecule has 5 nitrogen and oxygen atoms in total. The average molecular weight is 498 g/mol. The zero-order valence-corrected chi connectivity index (χ0v) is 19.3. The van der Waals surface area contributed by atoms with Crippen molar-refractivity contribution < 1.29 is 12.8 Å². The van der Waals surface area contributed by atoms with Crippen LogP contribution >= 0.6 is 27.7 Å². The number of nitrogens with zero attached hydrogens (tertiary/aromatic N) is 3. The van der Waals surface area contributed by atoms with Gasteiger partial charge >= 0.3 is 0 Å². The predicted octanol–water partition coefficient (Wildman–Crippen LogP) is 5.07. The summed E-state index contributed by atoms with van der Waals surface area (Å²) >= 11 is 4.62. The lowest BCUT2D eigenvalue weighted by atomic mass is 10.2. The number of benzene rings is 2. The van der Waals surface area contributed by atoms with Crippen molar-refractivity contribution in [2.45, 2.75) is 30.4 Å². The maximum Gasteiger partial charge on any atom is 0.191 e. The van der Waals surface area contributed by atoms with Crippen molar-refractivity contribution in [3.8, 4) is 11.4 Å². The highest BCUT2D eigenvalue weighted by Gasteiger charge is 2.19. The van der Waals surface area contributed by atoms with Gasteiger partial charge in [-0.25, -0.2) is 12.8 Å². The lowest BCUT2D eigenvalue weighted by Gasteiger charge is -2.13. The first kappa shape index (κ1) is 22.0. The Hall–Kier alpha value is -1.71. The molecule has 0 fully saturated rings. The molecule has 3 rings (SSSR count). The standard InChI is InChI=1S/C20H21BrFN3O2S2/c1-14(2)13-25-19(17-5-3-4-6-18(17)22)23-24-20(25)28-11-12-29(26,27)16-9-7-15(21)8-10-16/h3-10,14H,11-13H2,1-2H3. The summed E-state index contributed by atoms with van der Waals surface area (Å²) in [6.07, 6.45) is 0. The first-order chi connectivity index (χ1) is 13.8. The minimum atomic E-state index is -3.39. The van der Waals surface area contributed by atoms with Crippen LogP contribution in [0.25, 0.3) is 11.4 Å². The number of sulfone groups is 1. The van der Waals surface area contributed by atoms with E-state index in [2.05, 4.69) is 40.0 Å². The fraction of sp³-hybridized carbons (Fsp3) is 0.300. The van der Waals surface area contributed by atoms with Crippen LogP contribution in [-0.4, -0.2) is 34.7 Å². The van der Waals surface area contributed by atoms with Gasteiger partial charge in [0.15, 0.2) is 20.8 Å². The van der Waals surface area contributed by atoms with Crippen molar-refractivity contribution in [2.75, 3.05) is 11.5 Å². The SMILES string of the molecule is CC(C)Cn1c(SCCS(=O)(=O)c2ccc(Br)cc2)nnc1-c1ccccc1F. The van der Waals surface area contributed by atoms with Gasteiger partial charge in [-0.15, -0.1) is 10.2 Å². The molecule has 0 aliphatic heterocycles. The number of thioether (sulfide) groups is 1. The van der Waals surface area contributed by atoms with E-state index >= 15 is 0 Å². The Labute approximate surface area is 182 Å². The molecule has 0 aliphatic rings. The molecule has 154 valence electrons. The van der Waals surface area contributed by atoms with Gasteiger partial charge in [-0.1, -0.05) is 53.7 Å². The molecule has 1 heterocycles. The van der Waals surface area contributed by atoms with E-state index in [1.54, 1.807) is 42.5 Å². The molecule has 0 spiro atoms. The molecule has 0 radical (unpaired) electrons. The number of hydrogen-bond acceptors (Lipinski definition) is 5. The smallest absolute Gasteiger partial charge is 0.191 e. The monoisotopic (exact) mass is 497 g/mol. The van der Waals surface area contributed by atoms with E-state index < -0.39 is 9.84 Å². The van der Waals surface area contributed by atoms with E-state index in [0.29, 0.717) is 34.8 Å². The van der Waals surface area contributed by atoms with Gasteiger partial charge in [0.05, 0.1) is 16.2 Å². The van der Waals surface area contributed by atoms with E-state index in [4.69, 9.17) is 0 Å². The highest BCUT2D eigenvalue weighted by atomic mass is 79.9. The quantitative estimate of drug-likeness (QED) is 0.406. The molecule has 3 aromatic rings. The normalized spacial score (nSPS) is 11.9. The maximum absolute atomic E-state index is 14.3. The van der Waals surface area contributed by atoms with Gasteiger partial charge in [0.25, 0.3) is 0 Å². The highest BCUT2D eigenvalue weighted by molar-refractivity contribution is 9.10. The van der Waals surface area contributed by atoms with E-state index in [1.807, 2.05) is 4.57 Å². The van der Waals surface area contributed by atoms with Gasteiger partial charge < -0.3 is 4.57 Å². The lowest BCUT2D eigenvalue weighted by molar-refractivity contribution is 0.496. The Morgan fingerprint density at radius 2 is 1.79 bits per heavy atom. The number of halogens is 2. The van der Waals surface area contributed by atoms with E-state index in [9.17, 15) is 12.8 Å². The van der Waals surface area contributed by atoms with Crippen molar-refractivity contribution >= 4 is 37.5 Å². The largest absolute Gasteiger partial charge is 0.302 e. The van der Waals surface area contributed by atoms with Crippen molar-refractivity contribution in [2.24, 2.45) is 5.92 Å². The van der Waals surface area contributed by atoms with Crippen LogP contribution in [0.3, 0.4) is 0 Å². The van der Waals surface area contributed by atoms with Gasteiger partial charge in [-0.05, 0) is 42.3 Å². The Morgan fingerprint density at radius 3 is 2.45 bits per heavy atom. The van der Waals surface area contributed by atoms with Crippen LogP contribution in [0.4, 0.5) is 4.39 Å². The summed E-state index contributed by atoms with van der Waals surface area (Å²) in [4.78, 5) is 0.289. The molecule has 29 heavy (non-hydrogen) atoms. The molecule has 0 amide bonds. The molecule has 1 aromatic heterocycles. The predicted molar refractivity (Wildman–Crippen MR) is 117 cm³/mol. The first-order valence-electron chi connectivity index (χ1n) is 9.07. The molecule has 0 unspecified atom stereocenters. The van der Waals surface area contributed by atoms with Crippen LogP contribution < -0.4 is 0 Å². The summed E-state index contributed by atoms with van der Waals surface area (Å²) < 4.78 is 42.0. The fourth-order valence-corrected chi connectivity index (χ4v) is 5.63. The number of hydrogen-bond donors (Lipinski definition) is 0. The summed E-state index contributed by atoms with van der Waals surface area (Å²) in [7, 11) is -3.39. The summed E-state index contributed by atoms with van der Waals surface area (Å²) in [6.45, 7) is 4.72. The molecule has 0 aliphatic carbocycles. The molecule has 0 N–H and O–H groups in total. The molecular weight excluding hydrogens is 477 g/mol. The van der Waals surface area contributed by atoms with Gasteiger partial charge in [-0.2, -0.15) is 0 Å². The van der Waals surface area contributed by atoms with Crippen molar-refractivity contribution in [3.05, 3.63) is 58.8 Å². The summed E-state index contributed by atoms with van der Waals surface area (Å²) in [5, 5.41) is 8.97. The molecule has 0 saturated heterocycles. The maximum atomic E-state index is 14.3. The van der Waals surface area contributed by atoms with E-state index in [1.165, 1.54) is 17.8 Å². The molecule has 0 saturated carbocycles. The van der Waals surface area contributed by atoms with E-state index in [0.717, 1.165) is 4.47 Å². The second-order valence-corrected chi connectivity index (χ2v) is 11.0. The van der Waals surface area contributed by atoms with Gasteiger partial charge in [0.2, 0.25) is 0 Å². The highest BCUT2D eigenvalue weighted by Crippen LogP contribution is 2.27. The second-order valence-electron chi connectivity index (χ2n) is 6.91. The van der Waals surface area contributed by atoms with Crippen LogP contribution in [0, 0.1) is 11.7 Å². The van der Waals surface area contributed by atoms with Gasteiger partial charge in [0, 0.05) is 16.8 Å². The van der Waals surface area contributed by atoms with Crippen LogP contribution in [0.1, 0.15) is 13.8 Å². The minimum absolute atomic E-state index is 0.0249. The summed E-state index contributed by atoms with van der Waals surface area (Å²) in [5.41, 5.74) is 0.384. The van der Waals surface area contributed by atoms with Crippen LogP contribution in [-0.2, 0) is 16.4 Å². The molecule has 0 bridgehead atoms. The third-order valence-electron chi connectivity index (χ3n) is 4.14. The third-order valence-corrected chi connectivity index (χ3v) is 7.62. The number of aromatic nitrogens is 3. The Bertz CT molecular complexity index is 1080. The molecule has 2 aromatic carbocycles. The first-order valence-corrected chi connectivity index (χ1v) is 12.5. The zero-order chi connectivity index (χ0) is 21.0. The van der Waals surface area contributed by atoms with Crippen LogP contribution in [0.5, 0.6) is 0 Å². The van der Waals surface area contributed by atoms with Gasteiger partial charge in [0.1, 0.15) is 5.82 Å². The van der Waals surface area contributed by atoms with E-state index in [-0.39, 0.29) is 16.5 Å². The van der Waals surface area contributed by atoms with Crippen LogP contribution in [0.15, 0.2) is 63.1 Å². The zero-order valence-electron chi connectivity index (χ0n) is 16.0. The topological polar surface area (TPSA) is 64.8 Å². The summed E-state index contributed by atoms with van der Waals surface area (Å²) in [6, 6.07) is 13.0. The Morgan fingerprint density at radius 1 is 1.10 bits per heavy atom. The Kier molecular flexibility index (Phi) is 7.13. The average Bonchev–Trinajstić information content (AvgIpc) is 3.04. The van der Waals surface area contributed by atoms with Crippen molar-refractivity contribution in [3.63, 3.8) is 0 Å². The molecule has 0 atom stereocenters. The lowest BCUT2D eigenvalue weighted by Crippen LogP contribution is -2.11. The summed E-state index contributed by atoms with van der Waals surface area (Å²) in [5.74, 6) is 0.686. The minimum Gasteiger partial charge on any atom is -0.302 e. The second kappa shape index (κ2) is 9.40. The number of rotatable bonds is 8. The van der Waals surface area contributed by atoms with Crippen LogP contribution in [0.2, 0.25) is 0 Å².